The number of methoxy groups -OCH3 is 1. The number of hydrogen-bond acceptors (Lipinski definition) is 6. The van der Waals surface area contributed by atoms with Gasteiger partial charge in [-0.2, -0.15) is 26.7 Å². The van der Waals surface area contributed by atoms with Gasteiger partial charge in [-0.05, 0) is 6.07 Å². The molecule has 0 amide bonds. The number of aromatic nitrogens is 2. The fraction of sp³-hybridized carbons (Fsp3) is 0.500. The van der Waals surface area contributed by atoms with E-state index in [2.05, 4.69) is 14.0 Å². The number of esters is 1. The fourth-order valence-corrected chi connectivity index (χ4v) is 1.62. The lowest BCUT2D eigenvalue weighted by Gasteiger charge is -2.16. The van der Waals surface area contributed by atoms with Crippen LogP contribution in [-0.4, -0.2) is 42.9 Å². The Morgan fingerprint density at radius 1 is 1.47 bits per heavy atom. The van der Waals surface area contributed by atoms with Gasteiger partial charge in [0.1, 0.15) is 0 Å². The molecule has 0 spiro atoms. The summed E-state index contributed by atoms with van der Waals surface area (Å²) in [5.41, 5.74) is -5.62. The summed E-state index contributed by atoms with van der Waals surface area (Å²) < 4.78 is 67.2. The zero-order chi connectivity index (χ0) is 14.7. The molecule has 108 valence electrons. The molecule has 11 heteroatoms. The van der Waals surface area contributed by atoms with Crippen LogP contribution in [0.25, 0.3) is 0 Å². The first kappa shape index (κ1) is 15.4. The second-order valence-corrected chi connectivity index (χ2v) is 4.80. The summed E-state index contributed by atoms with van der Waals surface area (Å²) in [7, 11) is -5.01. The number of halogens is 3. The maximum absolute atomic E-state index is 12.2. The van der Waals surface area contributed by atoms with Crippen molar-refractivity contribution in [3.05, 3.63) is 18.5 Å². The maximum atomic E-state index is 12.2. The average Bonchev–Trinajstić information content (AvgIpc) is 2.78. The van der Waals surface area contributed by atoms with Gasteiger partial charge < -0.3 is 4.74 Å². The summed E-state index contributed by atoms with van der Waals surface area (Å²) in [6.07, 6.45) is 0.642. The van der Waals surface area contributed by atoms with Crippen LogP contribution in [0.5, 0.6) is 0 Å². The summed E-state index contributed by atoms with van der Waals surface area (Å²) in [5, 5.41) is 3.62. The lowest BCUT2D eigenvalue weighted by Crippen LogP contribution is -2.37. The molecule has 0 N–H and O–H groups in total. The SMILES string of the molecule is COC(=O)C(Cn1cccn1)OS(=O)(=O)C(F)(F)F. The molecule has 0 aliphatic carbocycles. The van der Waals surface area contributed by atoms with Crippen molar-refractivity contribution in [1.82, 2.24) is 9.78 Å². The number of alkyl halides is 3. The third kappa shape index (κ3) is 3.92. The van der Waals surface area contributed by atoms with Crippen molar-refractivity contribution in [2.24, 2.45) is 0 Å². The highest BCUT2D eigenvalue weighted by Gasteiger charge is 2.49. The first-order chi connectivity index (χ1) is 8.67. The van der Waals surface area contributed by atoms with Gasteiger partial charge in [0.05, 0.1) is 13.7 Å². The summed E-state index contributed by atoms with van der Waals surface area (Å²) in [6, 6.07) is 1.44. The quantitative estimate of drug-likeness (QED) is 0.441. The number of carbonyl (C=O) groups is 1. The van der Waals surface area contributed by atoms with E-state index in [-0.39, 0.29) is 0 Å². The van der Waals surface area contributed by atoms with Gasteiger partial charge in [-0.1, -0.05) is 0 Å². The van der Waals surface area contributed by atoms with Gasteiger partial charge in [0, 0.05) is 12.4 Å². The molecule has 1 rings (SSSR count). The molecule has 0 radical (unpaired) electrons. The Kier molecular flexibility index (Phi) is 4.52. The molecule has 1 unspecified atom stereocenters. The van der Waals surface area contributed by atoms with Crippen LogP contribution in [-0.2, 0) is 30.4 Å². The van der Waals surface area contributed by atoms with E-state index in [1.165, 1.54) is 18.5 Å². The van der Waals surface area contributed by atoms with Gasteiger partial charge in [-0.25, -0.2) is 8.98 Å². The van der Waals surface area contributed by atoms with Crippen LogP contribution in [0.3, 0.4) is 0 Å². The number of rotatable bonds is 5. The van der Waals surface area contributed by atoms with Gasteiger partial charge in [-0.15, -0.1) is 0 Å². The Morgan fingerprint density at radius 3 is 2.53 bits per heavy atom. The molecule has 1 aromatic heterocycles. The first-order valence-corrected chi connectivity index (χ1v) is 6.13. The second-order valence-electron chi connectivity index (χ2n) is 3.24. The van der Waals surface area contributed by atoms with Crippen LogP contribution in [0.2, 0.25) is 0 Å². The Bertz CT molecular complexity index is 525. The maximum Gasteiger partial charge on any atom is 0.523 e. The molecule has 0 bridgehead atoms. The van der Waals surface area contributed by atoms with E-state index in [0.29, 0.717) is 0 Å². The minimum absolute atomic E-state index is 0.533. The smallest absolute Gasteiger partial charge is 0.467 e. The van der Waals surface area contributed by atoms with E-state index in [1.54, 1.807) is 0 Å². The molecule has 0 fully saturated rings. The van der Waals surface area contributed by atoms with Crippen LogP contribution in [0.1, 0.15) is 0 Å². The minimum atomic E-state index is -5.90. The lowest BCUT2D eigenvalue weighted by molar-refractivity contribution is -0.150. The minimum Gasteiger partial charge on any atom is -0.467 e. The number of nitrogens with zero attached hydrogens (tertiary/aromatic N) is 2. The third-order valence-corrected chi connectivity index (χ3v) is 2.96. The van der Waals surface area contributed by atoms with Gasteiger partial charge >= 0.3 is 21.6 Å². The standard InChI is InChI=1S/C8H9F3N2O5S/c1-17-7(14)6(5-13-4-2-3-12-13)18-19(15,16)8(9,10)11/h2-4,6H,5H2,1H3. The molecule has 7 nitrogen and oxygen atoms in total. The molecular weight excluding hydrogens is 293 g/mol. The van der Waals surface area contributed by atoms with Gasteiger partial charge in [0.25, 0.3) is 0 Å². The summed E-state index contributed by atoms with van der Waals surface area (Å²) >= 11 is 0. The molecule has 0 aliphatic rings. The van der Waals surface area contributed by atoms with E-state index < -0.39 is 34.2 Å². The van der Waals surface area contributed by atoms with Crippen LogP contribution < -0.4 is 0 Å². The molecule has 1 heterocycles. The topological polar surface area (TPSA) is 87.5 Å². The second kappa shape index (κ2) is 5.57. The van der Waals surface area contributed by atoms with Crippen molar-refractivity contribution in [1.29, 1.82) is 0 Å². The van der Waals surface area contributed by atoms with Crippen molar-refractivity contribution in [2.45, 2.75) is 18.2 Å². The van der Waals surface area contributed by atoms with Gasteiger partial charge in [-0.3, -0.25) is 4.68 Å². The molecule has 1 atom stereocenters. The highest BCUT2D eigenvalue weighted by atomic mass is 32.2. The summed E-state index contributed by atoms with van der Waals surface area (Å²) in [5.74, 6) is -1.26. The van der Waals surface area contributed by atoms with Crippen LogP contribution in [0.15, 0.2) is 18.5 Å². The third-order valence-electron chi connectivity index (χ3n) is 1.90. The zero-order valence-electron chi connectivity index (χ0n) is 9.49. The van der Waals surface area contributed by atoms with E-state index in [9.17, 15) is 26.4 Å². The number of ether oxygens (including phenoxy) is 1. The molecule has 0 aromatic carbocycles. The van der Waals surface area contributed by atoms with Crippen molar-refractivity contribution < 1.29 is 35.3 Å². The van der Waals surface area contributed by atoms with E-state index >= 15 is 0 Å². The highest BCUT2D eigenvalue weighted by molar-refractivity contribution is 7.87. The normalized spacial score (nSPS) is 14.1. The van der Waals surface area contributed by atoms with E-state index in [4.69, 9.17) is 0 Å². The largest absolute Gasteiger partial charge is 0.523 e. The van der Waals surface area contributed by atoms with Crippen molar-refractivity contribution in [3.63, 3.8) is 0 Å². The predicted molar refractivity (Wildman–Crippen MR) is 54.1 cm³/mol. The molecule has 19 heavy (non-hydrogen) atoms. The monoisotopic (exact) mass is 302 g/mol. The Morgan fingerprint density at radius 2 is 2.11 bits per heavy atom. The average molecular weight is 302 g/mol. The van der Waals surface area contributed by atoms with Crippen LogP contribution in [0.4, 0.5) is 13.2 Å². The highest BCUT2D eigenvalue weighted by Crippen LogP contribution is 2.26. The molecule has 1 aromatic rings. The fourth-order valence-electron chi connectivity index (χ4n) is 1.06. The first-order valence-electron chi connectivity index (χ1n) is 4.72. The number of carbonyl (C=O) groups excluding carboxylic acids is 1. The van der Waals surface area contributed by atoms with E-state index in [0.717, 1.165) is 11.8 Å². The Balaban J connectivity index is 2.91. The van der Waals surface area contributed by atoms with Crippen molar-refractivity contribution in [3.8, 4) is 0 Å². The Labute approximate surface area is 106 Å². The molecule has 0 saturated heterocycles. The van der Waals surface area contributed by atoms with Crippen LogP contribution in [0, 0.1) is 0 Å². The zero-order valence-corrected chi connectivity index (χ0v) is 10.3. The van der Waals surface area contributed by atoms with Gasteiger partial charge in [0.15, 0.2) is 6.10 Å². The van der Waals surface area contributed by atoms with Crippen molar-refractivity contribution >= 4 is 16.1 Å². The van der Waals surface area contributed by atoms with Gasteiger partial charge in [0.2, 0.25) is 0 Å². The predicted octanol–water partition coefficient (Wildman–Crippen LogP) is 0.291. The summed E-state index contributed by atoms with van der Waals surface area (Å²) in [4.78, 5) is 11.2. The molecular formula is C8H9F3N2O5S. The molecule has 0 aliphatic heterocycles. The van der Waals surface area contributed by atoms with Crippen molar-refractivity contribution in [2.75, 3.05) is 7.11 Å². The van der Waals surface area contributed by atoms with E-state index in [1.807, 2.05) is 0 Å². The van der Waals surface area contributed by atoms with Crippen LogP contribution >= 0.6 is 0 Å². The lowest BCUT2D eigenvalue weighted by atomic mass is 10.3. The summed E-state index contributed by atoms with van der Waals surface area (Å²) in [6.45, 7) is -0.533. The Hall–Kier alpha value is -1.62. The molecule has 0 saturated carbocycles. The number of hydrogen-bond donors (Lipinski definition) is 0.